The average Bonchev–Trinajstić information content (AvgIpc) is 3.13. The maximum Gasteiger partial charge on any atom is 0.259 e. The van der Waals surface area contributed by atoms with Gasteiger partial charge in [-0.2, -0.15) is 0 Å². The molecule has 4 aromatic rings. The number of hydrogen-bond donors (Lipinski definition) is 1. The maximum atomic E-state index is 12.6. The third kappa shape index (κ3) is 3.51. The van der Waals surface area contributed by atoms with Crippen molar-refractivity contribution < 1.29 is 9.47 Å². The number of ether oxygens (including phenoxy) is 2. The maximum absolute atomic E-state index is 12.6. The van der Waals surface area contributed by atoms with Gasteiger partial charge in [-0.3, -0.25) is 4.79 Å². The Balaban J connectivity index is 1.78. The van der Waals surface area contributed by atoms with Crippen molar-refractivity contribution in [1.29, 1.82) is 0 Å². The summed E-state index contributed by atoms with van der Waals surface area (Å²) in [6.07, 6.45) is 0.0385. The first-order valence-electron chi connectivity index (χ1n) is 8.99. The van der Waals surface area contributed by atoms with Gasteiger partial charge in [0.15, 0.2) is 11.5 Å². The summed E-state index contributed by atoms with van der Waals surface area (Å²) in [5.41, 5.74) is 1.69. The lowest BCUT2D eigenvalue weighted by molar-refractivity contribution is 0.230. The second-order valence-corrected chi connectivity index (χ2v) is 7.67. The molecule has 5 nitrogen and oxygen atoms in total. The SMILES string of the molecule is COc1cc(-c2nc3sc(-c4ccccc4)cc3c(=O)[nH]2)ccc1OC(C)C. The molecule has 0 spiro atoms. The van der Waals surface area contributed by atoms with Gasteiger partial charge in [0.25, 0.3) is 5.56 Å². The lowest BCUT2D eigenvalue weighted by atomic mass is 10.1. The molecule has 0 aliphatic heterocycles. The minimum atomic E-state index is -0.153. The quantitative estimate of drug-likeness (QED) is 0.512. The Morgan fingerprint density at radius 1 is 1.00 bits per heavy atom. The van der Waals surface area contributed by atoms with Gasteiger partial charge in [-0.25, -0.2) is 4.98 Å². The fourth-order valence-corrected chi connectivity index (χ4v) is 4.02. The van der Waals surface area contributed by atoms with Crippen molar-refractivity contribution in [3.8, 4) is 33.3 Å². The number of hydrogen-bond acceptors (Lipinski definition) is 5. The van der Waals surface area contributed by atoms with E-state index in [0.29, 0.717) is 27.5 Å². The monoisotopic (exact) mass is 392 g/mol. The molecule has 142 valence electrons. The van der Waals surface area contributed by atoms with Gasteiger partial charge in [0.05, 0.1) is 18.6 Å². The van der Waals surface area contributed by atoms with Crippen molar-refractivity contribution in [2.24, 2.45) is 0 Å². The Bertz CT molecular complexity index is 1180. The summed E-state index contributed by atoms with van der Waals surface area (Å²) in [6, 6.07) is 17.4. The van der Waals surface area contributed by atoms with E-state index in [4.69, 9.17) is 9.47 Å². The summed E-state index contributed by atoms with van der Waals surface area (Å²) in [5, 5.41) is 0.597. The number of nitrogens with one attached hydrogen (secondary N) is 1. The Labute approximate surface area is 166 Å². The molecule has 4 rings (SSSR count). The van der Waals surface area contributed by atoms with Crippen molar-refractivity contribution in [2.75, 3.05) is 7.11 Å². The number of thiophene rings is 1. The fraction of sp³-hybridized carbons (Fsp3) is 0.182. The van der Waals surface area contributed by atoms with E-state index in [1.54, 1.807) is 7.11 Å². The zero-order valence-electron chi connectivity index (χ0n) is 15.9. The molecule has 6 heteroatoms. The molecule has 0 fully saturated rings. The third-order valence-electron chi connectivity index (χ3n) is 4.26. The lowest BCUT2D eigenvalue weighted by Gasteiger charge is -2.14. The standard InChI is InChI=1S/C22H20N2O3S/c1-13(2)27-17-10-9-15(11-18(17)26-3)20-23-21(25)16-12-19(28-22(16)24-20)14-7-5-4-6-8-14/h4-13H,1-3H3,(H,23,24,25). The van der Waals surface area contributed by atoms with Crippen LogP contribution in [-0.4, -0.2) is 23.2 Å². The second kappa shape index (κ2) is 7.48. The first-order valence-corrected chi connectivity index (χ1v) is 9.81. The summed E-state index contributed by atoms with van der Waals surface area (Å²) in [5.74, 6) is 1.77. The lowest BCUT2D eigenvalue weighted by Crippen LogP contribution is -2.09. The van der Waals surface area contributed by atoms with Crippen LogP contribution >= 0.6 is 11.3 Å². The summed E-state index contributed by atoms with van der Waals surface area (Å²) in [6.45, 7) is 3.92. The zero-order valence-corrected chi connectivity index (χ0v) is 16.7. The van der Waals surface area contributed by atoms with Crippen molar-refractivity contribution in [2.45, 2.75) is 20.0 Å². The van der Waals surface area contributed by atoms with E-state index < -0.39 is 0 Å². The normalized spacial score (nSPS) is 11.1. The fourth-order valence-electron chi connectivity index (χ4n) is 2.98. The van der Waals surface area contributed by atoms with Crippen molar-refractivity contribution in [1.82, 2.24) is 9.97 Å². The van der Waals surface area contributed by atoms with E-state index in [9.17, 15) is 4.79 Å². The molecule has 2 aromatic heterocycles. The predicted octanol–water partition coefficient (Wildman–Crippen LogP) is 5.11. The highest BCUT2D eigenvalue weighted by Gasteiger charge is 2.14. The molecule has 0 saturated heterocycles. The van der Waals surface area contributed by atoms with Crippen molar-refractivity contribution in [3.63, 3.8) is 0 Å². The Hall–Kier alpha value is -3.12. The van der Waals surface area contributed by atoms with Gasteiger partial charge in [0.2, 0.25) is 0 Å². The predicted molar refractivity (Wildman–Crippen MR) is 113 cm³/mol. The van der Waals surface area contributed by atoms with Gasteiger partial charge in [-0.05, 0) is 43.7 Å². The number of aromatic nitrogens is 2. The highest BCUT2D eigenvalue weighted by molar-refractivity contribution is 7.21. The van der Waals surface area contributed by atoms with Crippen molar-refractivity contribution in [3.05, 3.63) is 65.0 Å². The van der Waals surface area contributed by atoms with Crippen LogP contribution in [0.15, 0.2) is 59.4 Å². The van der Waals surface area contributed by atoms with E-state index in [-0.39, 0.29) is 11.7 Å². The molecule has 0 amide bonds. The molecule has 0 aliphatic rings. The largest absolute Gasteiger partial charge is 0.493 e. The van der Waals surface area contributed by atoms with Crippen LogP contribution in [0.4, 0.5) is 0 Å². The van der Waals surface area contributed by atoms with Crippen LogP contribution in [0.25, 0.3) is 32.0 Å². The van der Waals surface area contributed by atoms with Crippen LogP contribution in [0.3, 0.4) is 0 Å². The topological polar surface area (TPSA) is 64.2 Å². The smallest absolute Gasteiger partial charge is 0.259 e. The van der Waals surface area contributed by atoms with Gasteiger partial charge in [-0.1, -0.05) is 30.3 Å². The van der Waals surface area contributed by atoms with Gasteiger partial charge >= 0.3 is 0 Å². The highest BCUT2D eigenvalue weighted by Crippen LogP contribution is 2.34. The number of benzene rings is 2. The molecule has 2 heterocycles. The molecule has 0 aliphatic carbocycles. The van der Waals surface area contributed by atoms with Gasteiger partial charge < -0.3 is 14.5 Å². The van der Waals surface area contributed by atoms with Crippen LogP contribution in [0.5, 0.6) is 11.5 Å². The molecule has 0 saturated carbocycles. The van der Waals surface area contributed by atoms with Crippen LogP contribution in [-0.2, 0) is 0 Å². The van der Waals surface area contributed by atoms with E-state index >= 15 is 0 Å². The van der Waals surface area contributed by atoms with E-state index in [1.807, 2.05) is 68.4 Å². The average molecular weight is 392 g/mol. The van der Waals surface area contributed by atoms with Gasteiger partial charge in [0, 0.05) is 10.4 Å². The van der Waals surface area contributed by atoms with Crippen molar-refractivity contribution >= 4 is 21.6 Å². The molecular weight excluding hydrogens is 372 g/mol. The summed E-state index contributed by atoms with van der Waals surface area (Å²) < 4.78 is 11.2. The number of rotatable bonds is 5. The Morgan fingerprint density at radius 3 is 2.50 bits per heavy atom. The van der Waals surface area contributed by atoms with Crippen LogP contribution in [0.1, 0.15) is 13.8 Å². The zero-order chi connectivity index (χ0) is 19.7. The van der Waals surface area contributed by atoms with Crippen LogP contribution in [0.2, 0.25) is 0 Å². The summed E-state index contributed by atoms with van der Waals surface area (Å²) >= 11 is 1.51. The minimum absolute atomic E-state index is 0.0385. The van der Waals surface area contributed by atoms with Crippen LogP contribution in [0, 0.1) is 0 Å². The first kappa shape index (κ1) is 18.3. The number of nitrogens with zero attached hydrogens (tertiary/aromatic N) is 1. The van der Waals surface area contributed by atoms with Gasteiger partial charge in [0.1, 0.15) is 10.7 Å². The molecule has 0 atom stereocenters. The molecule has 0 bridgehead atoms. The van der Waals surface area contributed by atoms with Crippen LogP contribution < -0.4 is 15.0 Å². The minimum Gasteiger partial charge on any atom is -0.493 e. The second-order valence-electron chi connectivity index (χ2n) is 6.64. The Morgan fingerprint density at radius 2 is 1.79 bits per heavy atom. The van der Waals surface area contributed by atoms with E-state index in [1.165, 1.54) is 11.3 Å². The molecule has 0 unspecified atom stereocenters. The third-order valence-corrected chi connectivity index (χ3v) is 5.34. The molecule has 0 radical (unpaired) electrons. The number of H-pyrrole nitrogens is 1. The molecule has 2 aromatic carbocycles. The number of aromatic amines is 1. The summed E-state index contributed by atoms with van der Waals surface area (Å²) in [4.78, 5) is 21.9. The number of fused-ring (bicyclic) bond motifs is 1. The number of methoxy groups -OCH3 is 1. The summed E-state index contributed by atoms with van der Waals surface area (Å²) in [7, 11) is 1.59. The molecular formula is C22H20N2O3S. The van der Waals surface area contributed by atoms with E-state index in [2.05, 4.69) is 9.97 Å². The Kier molecular flexibility index (Phi) is 4.88. The highest BCUT2D eigenvalue weighted by atomic mass is 32.1. The molecule has 1 N–H and O–H groups in total. The molecule has 28 heavy (non-hydrogen) atoms. The van der Waals surface area contributed by atoms with Gasteiger partial charge in [-0.15, -0.1) is 11.3 Å². The van der Waals surface area contributed by atoms with E-state index in [0.717, 1.165) is 16.0 Å². The first-order chi connectivity index (χ1) is 13.5.